The molecule has 0 radical (unpaired) electrons. The summed E-state index contributed by atoms with van der Waals surface area (Å²) in [6.45, 7) is 4.79. The summed E-state index contributed by atoms with van der Waals surface area (Å²) in [5, 5.41) is 10.2. The second-order valence-corrected chi connectivity index (χ2v) is 10.3. The van der Waals surface area contributed by atoms with Crippen molar-refractivity contribution in [2.24, 2.45) is 5.84 Å². The van der Waals surface area contributed by atoms with Gasteiger partial charge in [0.25, 0.3) is 0 Å². The van der Waals surface area contributed by atoms with Crippen molar-refractivity contribution in [3.63, 3.8) is 0 Å². The van der Waals surface area contributed by atoms with Crippen LogP contribution in [0.4, 0.5) is 4.79 Å². The second kappa shape index (κ2) is 15.2. The van der Waals surface area contributed by atoms with Gasteiger partial charge in [0.15, 0.2) is 0 Å². The number of carbonyl (C=O) groups is 2. The molecule has 10 heteroatoms. The first-order valence-electron chi connectivity index (χ1n) is 13.7. The van der Waals surface area contributed by atoms with Gasteiger partial charge >= 0.3 is 12.1 Å². The quantitative estimate of drug-likeness (QED) is 0.117. The molecule has 3 aromatic carbocycles. The van der Waals surface area contributed by atoms with E-state index in [0.717, 1.165) is 31.2 Å². The molecule has 1 heterocycles. The van der Waals surface area contributed by atoms with Crippen molar-refractivity contribution in [2.45, 2.75) is 12.5 Å². The first-order valence-corrected chi connectivity index (χ1v) is 14.1. The molecule has 0 aliphatic carbocycles. The molecule has 0 saturated carbocycles. The van der Waals surface area contributed by atoms with E-state index in [4.69, 9.17) is 32.0 Å². The number of benzene rings is 3. The molecule has 9 nitrogen and oxygen atoms in total. The fraction of sp³-hybridized carbons (Fsp3) is 0.312. The number of carbonyl (C=O) groups excluding carboxylic acids is 1. The predicted molar refractivity (Wildman–Crippen MR) is 161 cm³/mol. The molecule has 1 aliphatic heterocycles. The highest BCUT2D eigenvalue weighted by Crippen LogP contribution is 2.30. The lowest BCUT2D eigenvalue weighted by atomic mass is 9.96. The Labute approximate surface area is 251 Å². The average Bonchev–Trinajstić information content (AvgIpc) is 3.01. The number of carboxylic acid groups (broad SMARTS) is 1. The lowest BCUT2D eigenvalue weighted by molar-refractivity contribution is 0.0594. The van der Waals surface area contributed by atoms with Gasteiger partial charge in [-0.05, 0) is 41.5 Å². The maximum Gasteiger partial charge on any atom is 0.421 e. The molecule has 4 rings (SSSR count). The minimum atomic E-state index is -1.22. The zero-order valence-corrected chi connectivity index (χ0v) is 24.3. The van der Waals surface area contributed by atoms with Crippen molar-refractivity contribution in [2.75, 3.05) is 53.0 Å². The van der Waals surface area contributed by atoms with E-state index in [1.165, 1.54) is 18.2 Å². The number of amides is 1. The number of ether oxygens (including phenoxy) is 2. The average molecular weight is 591 g/mol. The van der Waals surface area contributed by atoms with Gasteiger partial charge in [-0.25, -0.2) is 20.4 Å². The van der Waals surface area contributed by atoms with Gasteiger partial charge in [0.2, 0.25) is 0 Å². The van der Waals surface area contributed by atoms with E-state index in [2.05, 4.69) is 58.0 Å². The van der Waals surface area contributed by atoms with Gasteiger partial charge in [0, 0.05) is 49.7 Å². The maximum atomic E-state index is 12.4. The van der Waals surface area contributed by atoms with Gasteiger partial charge in [-0.1, -0.05) is 65.9 Å². The standard InChI is InChI=1S/C32H35ClN4O5/c1-41-31(38)28-23-24(7-5-6-16-37(34)32(39)40)10-15-29(28)42-22-21-35-17-19-36(20-18-35)30(25-8-3-2-4-9-25)26-11-13-27(33)14-12-26/h2-4,8-15,23,30H,6,16-22,34H2,1H3,(H,39,40)/t30-/m1/s1. The molecule has 3 N–H and O–H groups in total. The van der Waals surface area contributed by atoms with Crippen LogP contribution in [0.5, 0.6) is 5.75 Å². The third kappa shape index (κ3) is 8.47. The van der Waals surface area contributed by atoms with Gasteiger partial charge in [0.05, 0.1) is 19.7 Å². The molecule has 0 spiro atoms. The van der Waals surface area contributed by atoms with E-state index >= 15 is 0 Å². The molecule has 1 aliphatic rings. The number of piperazine rings is 1. The summed E-state index contributed by atoms with van der Waals surface area (Å²) in [4.78, 5) is 28.1. The van der Waals surface area contributed by atoms with E-state index in [0.29, 0.717) is 29.5 Å². The van der Waals surface area contributed by atoms with Crippen LogP contribution in [0, 0.1) is 11.8 Å². The molecule has 0 unspecified atom stereocenters. The van der Waals surface area contributed by atoms with Crippen LogP contribution in [0.1, 0.15) is 39.5 Å². The van der Waals surface area contributed by atoms with Crippen LogP contribution in [0.3, 0.4) is 0 Å². The number of nitrogens with zero attached hydrogens (tertiary/aromatic N) is 3. The van der Waals surface area contributed by atoms with Crippen LogP contribution in [-0.4, -0.2) is 85.0 Å². The van der Waals surface area contributed by atoms with Gasteiger partial charge in [0.1, 0.15) is 17.9 Å². The Morgan fingerprint density at radius 1 is 1.02 bits per heavy atom. The summed E-state index contributed by atoms with van der Waals surface area (Å²) in [7, 11) is 1.32. The van der Waals surface area contributed by atoms with Crippen molar-refractivity contribution in [3.8, 4) is 17.6 Å². The van der Waals surface area contributed by atoms with Crippen molar-refractivity contribution in [1.82, 2.24) is 14.8 Å². The molecular weight excluding hydrogens is 556 g/mol. The minimum Gasteiger partial charge on any atom is -0.491 e. The van der Waals surface area contributed by atoms with Crippen LogP contribution in [0.25, 0.3) is 0 Å². The first-order chi connectivity index (χ1) is 20.4. The van der Waals surface area contributed by atoms with E-state index in [1.807, 2.05) is 18.2 Å². The Morgan fingerprint density at radius 3 is 2.38 bits per heavy atom. The Kier molecular flexibility index (Phi) is 11.2. The van der Waals surface area contributed by atoms with Gasteiger partial charge in [-0.15, -0.1) is 0 Å². The molecule has 220 valence electrons. The van der Waals surface area contributed by atoms with E-state index in [9.17, 15) is 9.59 Å². The number of hydrogen-bond donors (Lipinski definition) is 2. The molecule has 1 fully saturated rings. The summed E-state index contributed by atoms with van der Waals surface area (Å²) >= 11 is 6.16. The Hall–Kier alpha value is -4.07. The summed E-state index contributed by atoms with van der Waals surface area (Å²) < 4.78 is 11.0. The van der Waals surface area contributed by atoms with Crippen molar-refractivity contribution >= 4 is 23.7 Å². The molecule has 42 heavy (non-hydrogen) atoms. The highest BCUT2D eigenvalue weighted by molar-refractivity contribution is 6.30. The zero-order valence-electron chi connectivity index (χ0n) is 23.5. The van der Waals surface area contributed by atoms with E-state index in [1.54, 1.807) is 18.2 Å². The number of halogens is 1. The Bertz CT molecular complexity index is 1400. The van der Waals surface area contributed by atoms with Crippen LogP contribution in [0.2, 0.25) is 5.02 Å². The topological polar surface area (TPSA) is 109 Å². The SMILES string of the molecule is COC(=O)c1cc(C#CCCN(N)C(=O)O)ccc1OCCN1CCN([C@H](c2ccccc2)c2ccc(Cl)cc2)CC1. The largest absolute Gasteiger partial charge is 0.491 e. The number of rotatable bonds is 10. The molecule has 1 amide bonds. The maximum absolute atomic E-state index is 12.4. The summed E-state index contributed by atoms with van der Waals surface area (Å²) in [5.41, 5.74) is 3.34. The first kappa shape index (κ1) is 30.9. The fourth-order valence-corrected chi connectivity index (χ4v) is 4.99. The predicted octanol–water partition coefficient (Wildman–Crippen LogP) is 4.51. The highest BCUT2D eigenvalue weighted by Gasteiger charge is 2.26. The zero-order chi connectivity index (χ0) is 29.9. The smallest absolute Gasteiger partial charge is 0.421 e. The molecule has 1 saturated heterocycles. The number of esters is 1. The third-order valence-electron chi connectivity index (χ3n) is 7.08. The van der Waals surface area contributed by atoms with Crippen molar-refractivity contribution in [1.29, 1.82) is 0 Å². The number of hydrazine groups is 1. The number of methoxy groups -OCH3 is 1. The molecule has 1 atom stereocenters. The summed E-state index contributed by atoms with van der Waals surface area (Å²) in [5.74, 6) is 11.1. The fourth-order valence-electron chi connectivity index (χ4n) is 4.86. The third-order valence-corrected chi connectivity index (χ3v) is 7.33. The van der Waals surface area contributed by atoms with Crippen LogP contribution < -0.4 is 10.6 Å². The Balaban J connectivity index is 1.33. The van der Waals surface area contributed by atoms with Gasteiger partial charge in [-0.2, -0.15) is 0 Å². The number of nitrogens with two attached hydrogens (primary N) is 1. The van der Waals surface area contributed by atoms with E-state index in [-0.39, 0.29) is 24.6 Å². The highest BCUT2D eigenvalue weighted by atomic mass is 35.5. The van der Waals surface area contributed by atoms with E-state index < -0.39 is 12.1 Å². The van der Waals surface area contributed by atoms with Crippen molar-refractivity contribution < 1.29 is 24.2 Å². The molecule has 0 aromatic heterocycles. The monoisotopic (exact) mass is 590 g/mol. The Morgan fingerprint density at radius 2 is 1.71 bits per heavy atom. The number of hydrogen-bond acceptors (Lipinski definition) is 7. The van der Waals surface area contributed by atoms with Crippen LogP contribution >= 0.6 is 11.6 Å². The van der Waals surface area contributed by atoms with Gasteiger partial charge < -0.3 is 14.6 Å². The molecule has 3 aromatic rings. The lowest BCUT2D eigenvalue weighted by Gasteiger charge is -2.39. The summed E-state index contributed by atoms with van der Waals surface area (Å²) in [6.07, 6.45) is -0.962. The summed E-state index contributed by atoms with van der Waals surface area (Å²) in [6, 6.07) is 23.8. The second-order valence-electron chi connectivity index (χ2n) is 9.82. The minimum absolute atomic E-state index is 0.0791. The van der Waals surface area contributed by atoms with Crippen molar-refractivity contribution in [3.05, 3.63) is 100 Å². The van der Waals surface area contributed by atoms with Crippen LogP contribution in [0.15, 0.2) is 72.8 Å². The lowest BCUT2D eigenvalue weighted by Crippen LogP contribution is -2.48. The van der Waals surface area contributed by atoms with Gasteiger partial charge in [-0.3, -0.25) is 9.80 Å². The van der Waals surface area contributed by atoms with Crippen LogP contribution in [-0.2, 0) is 4.74 Å². The normalized spacial score (nSPS) is 14.4. The molecular formula is C32H35ClN4O5. The molecule has 0 bridgehead atoms.